The largest absolute Gasteiger partial charge is 0.374 e. The SMILES string of the molecule is C=C/C=C\C(=C)COCCOCC(N)=O. The molecule has 0 atom stereocenters. The van der Waals surface area contributed by atoms with Gasteiger partial charge in [0, 0.05) is 0 Å². The first-order valence-corrected chi connectivity index (χ1v) is 4.57. The van der Waals surface area contributed by atoms with Gasteiger partial charge < -0.3 is 15.2 Å². The highest BCUT2D eigenvalue weighted by Crippen LogP contribution is 1.94. The molecule has 84 valence electrons. The standard InChI is InChI=1S/C11H17NO3/c1-3-4-5-10(2)8-14-6-7-15-9-11(12)13/h3-5H,1-2,6-9H2,(H2,12,13)/b5-4-. The van der Waals surface area contributed by atoms with E-state index in [-0.39, 0.29) is 6.61 Å². The summed E-state index contributed by atoms with van der Waals surface area (Å²) in [6.45, 7) is 8.43. The second-order valence-corrected chi connectivity index (χ2v) is 2.82. The molecule has 0 aromatic carbocycles. The number of ether oxygens (including phenoxy) is 2. The molecule has 0 spiro atoms. The van der Waals surface area contributed by atoms with Gasteiger partial charge >= 0.3 is 0 Å². The number of amides is 1. The van der Waals surface area contributed by atoms with Crippen molar-refractivity contribution in [3.8, 4) is 0 Å². The fraction of sp³-hybridized carbons (Fsp3) is 0.364. The molecule has 15 heavy (non-hydrogen) atoms. The van der Waals surface area contributed by atoms with Gasteiger partial charge in [-0.3, -0.25) is 4.79 Å². The van der Waals surface area contributed by atoms with Crippen LogP contribution in [0.2, 0.25) is 0 Å². The summed E-state index contributed by atoms with van der Waals surface area (Å²) < 4.78 is 10.1. The Kier molecular flexibility index (Phi) is 8.33. The number of nitrogens with two attached hydrogens (primary N) is 1. The normalized spacial score (nSPS) is 10.4. The van der Waals surface area contributed by atoms with Gasteiger partial charge in [0.2, 0.25) is 5.91 Å². The van der Waals surface area contributed by atoms with Crippen molar-refractivity contribution in [1.29, 1.82) is 0 Å². The first-order valence-electron chi connectivity index (χ1n) is 4.57. The molecular formula is C11H17NO3. The Bertz CT molecular complexity index is 246. The zero-order chi connectivity index (χ0) is 11.5. The Balaban J connectivity index is 3.31. The summed E-state index contributed by atoms with van der Waals surface area (Å²) in [5.74, 6) is -0.478. The smallest absolute Gasteiger partial charge is 0.243 e. The molecule has 0 aromatic rings. The van der Waals surface area contributed by atoms with Crippen LogP contribution >= 0.6 is 0 Å². The van der Waals surface area contributed by atoms with Crippen molar-refractivity contribution in [3.63, 3.8) is 0 Å². The zero-order valence-electron chi connectivity index (χ0n) is 8.78. The van der Waals surface area contributed by atoms with Gasteiger partial charge in [-0.2, -0.15) is 0 Å². The van der Waals surface area contributed by atoms with E-state index in [0.717, 1.165) is 5.57 Å². The molecule has 0 heterocycles. The highest BCUT2D eigenvalue weighted by molar-refractivity contribution is 5.74. The number of carbonyl (C=O) groups excluding carboxylic acids is 1. The molecular weight excluding hydrogens is 194 g/mol. The summed E-state index contributed by atoms with van der Waals surface area (Å²) in [7, 11) is 0. The van der Waals surface area contributed by atoms with Crippen LogP contribution in [0.3, 0.4) is 0 Å². The monoisotopic (exact) mass is 211 g/mol. The third-order valence-electron chi connectivity index (χ3n) is 1.37. The van der Waals surface area contributed by atoms with E-state index in [1.165, 1.54) is 0 Å². The van der Waals surface area contributed by atoms with Crippen LogP contribution in [0.4, 0.5) is 0 Å². The maximum absolute atomic E-state index is 10.3. The number of allylic oxidation sites excluding steroid dienone is 2. The zero-order valence-corrected chi connectivity index (χ0v) is 8.78. The fourth-order valence-corrected chi connectivity index (χ4v) is 0.746. The van der Waals surface area contributed by atoms with E-state index in [1.807, 2.05) is 6.08 Å². The highest BCUT2D eigenvalue weighted by atomic mass is 16.5. The van der Waals surface area contributed by atoms with Crippen LogP contribution in [0.1, 0.15) is 0 Å². The van der Waals surface area contributed by atoms with Crippen molar-refractivity contribution in [2.24, 2.45) is 5.73 Å². The van der Waals surface area contributed by atoms with E-state index in [0.29, 0.717) is 19.8 Å². The molecule has 0 aliphatic carbocycles. The van der Waals surface area contributed by atoms with Crippen LogP contribution in [-0.2, 0) is 14.3 Å². The topological polar surface area (TPSA) is 61.6 Å². The fourth-order valence-electron chi connectivity index (χ4n) is 0.746. The molecule has 1 amide bonds. The van der Waals surface area contributed by atoms with Crippen molar-refractivity contribution < 1.29 is 14.3 Å². The van der Waals surface area contributed by atoms with Crippen molar-refractivity contribution in [2.45, 2.75) is 0 Å². The van der Waals surface area contributed by atoms with Crippen molar-refractivity contribution in [3.05, 3.63) is 37.0 Å². The average Bonchev–Trinajstić information content (AvgIpc) is 2.19. The van der Waals surface area contributed by atoms with Crippen molar-refractivity contribution >= 4 is 5.91 Å². The minimum absolute atomic E-state index is 0.0688. The molecule has 4 nitrogen and oxygen atoms in total. The Hall–Kier alpha value is -1.39. The average molecular weight is 211 g/mol. The maximum Gasteiger partial charge on any atom is 0.243 e. The minimum atomic E-state index is -0.478. The van der Waals surface area contributed by atoms with E-state index >= 15 is 0 Å². The van der Waals surface area contributed by atoms with Gasteiger partial charge in [0.05, 0.1) is 19.8 Å². The first-order chi connectivity index (χ1) is 7.16. The predicted molar refractivity (Wildman–Crippen MR) is 59.3 cm³/mol. The molecule has 0 aromatic heterocycles. The van der Waals surface area contributed by atoms with E-state index in [2.05, 4.69) is 13.2 Å². The number of hydrogen-bond donors (Lipinski definition) is 1. The first kappa shape index (κ1) is 13.6. The summed E-state index contributed by atoms with van der Waals surface area (Å²) in [6.07, 6.45) is 5.27. The lowest BCUT2D eigenvalue weighted by Gasteiger charge is -2.04. The molecule has 0 aliphatic heterocycles. The lowest BCUT2D eigenvalue weighted by Crippen LogP contribution is -2.19. The Labute approximate surface area is 90.0 Å². The van der Waals surface area contributed by atoms with Gasteiger partial charge in [-0.1, -0.05) is 31.4 Å². The second-order valence-electron chi connectivity index (χ2n) is 2.82. The molecule has 0 aliphatic rings. The lowest BCUT2D eigenvalue weighted by molar-refractivity contribution is -0.122. The van der Waals surface area contributed by atoms with Crippen molar-refractivity contribution in [1.82, 2.24) is 0 Å². The predicted octanol–water partition coefficient (Wildman–Crippen LogP) is 0.803. The van der Waals surface area contributed by atoms with Gasteiger partial charge in [-0.25, -0.2) is 0 Å². The Morgan fingerprint density at radius 1 is 1.27 bits per heavy atom. The summed E-state index contributed by atoms with van der Waals surface area (Å²) in [5.41, 5.74) is 5.72. The number of primary amides is 1. The van der Waals surface area contributed by atoms with Crippen LogP contribution in [0, 0.1) is 0 Å². The highest BCUT2D eigenvalue weighted by Gasteiger charge is 1.94. The second kappa shape index (κ2) is 9.18. The van der Waals surface area contributed by atoms with Crippen LogP contribution < -0.4 is 5.73 Å². The van der Waals surface area contributed by atoms with Crippen LogP contribution in [0.25, 0.3) is 0 Å². The molecule has 4 heteroatoms. The third-order valence-corrected chi connectivity index (χ3v) is 1.37. The molecule has 0 unspecified atom stereocenters. The van der Waals surface area contributed by atoms with Gasteiger partial charge in [0.15, 0.2) is 0 Å². The van der Waals surface area contributed by atoms with Crippen molar-refractivity contribution in [2.75, 3.05) is 26.4 Å². The van der Waals surface area contributed by atoms with Gasteiger partial charge in [-0.15, -0.1) is 0 Å². The van der Waals surface area contributed by atoms with E-state index in [9.17, 15) is 4.79 Å². The van der Waals surface area contributed by atoms with Gasteiger partial charge in [0.1, 0.15) is 6.61 Å². The summed E-state index contributed by atoms with van der Waals surface area (Å²) in [6, 6.07) is 0. The summed E-state index contributed by atoms with van der Waals surface area (Å²) in [5, 5.41) is 0. The molecule has 0 radical (unpaired) electrons. The van der Waals surface area contributed by atoms with Crippen LogP contribution in [-0.4, -0.2) is 32.3 Å². The molecule has 0 saturated carbocycles. The lowest BCUT2D eigenvalue weighted by atomic mass is 10.3. The quantitative estimate of drug-likeness (QED) is 0.453. The van der Waals surface area contributed by atoms with E-state index in [1.54, 1.807) is 12.2 Å². The molecule has 0 bridgehead atoms. The van der Waals surface area contributed by atoms with Crippen LogP contribution in [0.15, 0.2) is 37.0 Å². The van der Waals surface area contributed by atoms with E-state index < -0.39 is 5.91 Å². The van der Waals surface area contributed by atoms with Gasteiger partial charge in [0.25, 0.3) is 0 Å². The molecule has 0 saturated heterocycles. The maximum atomic E-state index is 10.3. The van der Waals surface area contributed by atoms with E-state index in [4.69, 9.17) is 15.2 Å². The van der Waals surface area contributed by atoms with Gasteiger partial charge in [-0.05, 0) is 5.57 Å². The third kappa shape index (κ3) is 10.5. The molecule has 0 fully saturated rings. The summed E-state index contributed by atoms with van der Waals surface area (Å²) in [4.78, 5) is 10.3. The molecule has 0 rings (SSSR count). The number of rotatable bonds is 9. The summed E-state index contributed by atoms with van der Waals surface area (Å²) >= 11 is 0. The van der Waals surface area contributed by atoms with Crippen LogP contribution in [0.5, 0.6) is 0 Å². The number of hydrogen-bond acceptors (Lipinski definition) is 3. The number of carbonyl (C=O) groups is 1. The molecule has 2 N–H and O–H groups in total. The Morgan fingerprint density at radius 3 is 2.40 bits per heavy atom. The minimum Gasteiger partial charge on any atom is -0.374 e. The Morgan fingerprint density at radius 2 is 1.87 bits per heavy atom.